The number of amides is 2. The van der Waals surface area contributed by atoms with Crippen molar-refractivity contribution < 1.29 is 18.7 Å². The molecule has 1 aliphatic carbocycles. The summed E-state index contributed by atoms with van der Waals surface area (Å²) in [5, 5.41) is 3.33. The highest BCUT2D eigenvalue weighted by Crippen LogP contribution is 2.29. The van der Waals surface area contributed by atoms with Gasteiger partial charge in [0.05, 0.1) is 12.7 Å². The van der Waals surface area contributed by atoms with Gasteiger partial charge in [0, 0.05) is 34.9 Å². The lowest BCUT2D eigenvalue weighted by molar-refractivity contribution is 0.0583. The van der Waals surface area contributed by atoms with Gasteiger partial charge < -0.3 is 20.7 Å². The number of anilines is 1. The van der Waals surface area contributed by atoms with Gasteiger partial charge in [-0.1, -0.05) is 42.6 Å². The molecule has 3 aromatic carbocycles. The van der Waals surface area contributed by atoms with Crippen molar-refractivity contribution in [3.8, 4) is 5.75 Å². The molecule has 1 aliphatic rings. The highest BCUT2D eigenvalue weighted by Gasteiger charge is 2.32. The predicted octanol–water partition coefficient (Wildman–Crippen LogP) is 5.65. The number of halogens is 2. The van der Waals surface area contributed by atoms with Crippen molar-refractivity contribution >= 4 is 29.1 Å². The zero-order chi connectivity index (χ0) is 25.7. The largest absolute Gasteiger partial charge is 0.496 e. The monoisotopic (exact) mass is 509 g/mol. The molecule has 1 fully saturated rings. The van der Waals surface area contributed by atoms with E-state index in [1.807, 2.05) is 0 Å². The summed E-state index contributed by atoms with van der Waals surface area (Å²) >= 11 is 6.53. The SMILES string of the molecule is COc1ccccc1C(=O)Nc1ccc(Cl)c(CN(C(=O)c2cccc(F)c2)C2CCCCC2N)c1. The Balaban J connectivity index is 1.62. The molecule has 3 aromatic rings. The van der Waals surface area contributed by atoms with E-state index in [9.17, 15) is 14.0 Å². The van der Waals surface area contributed by atoms with Crippen LogP contribution in [-0.4, -0.2) is 35.9 Å². The van der Waals surface area contributed by atoms with Crippen molar-refractivity contribution in [1.29, 1.82) is 0 Å². The Labute approximate surface area is 215 Å². The van der Waals surface area contributed by atoms with Crippen molar-refractivity contribution in [3.63, 3.8) is 0 Å². The summed E-state index contributed by atoms with van der Waals surface area (Å²) in [4.78, 5) is 28.1. The van der Waals surface area contributed by atoms with E-state index >= 15 is 0 Å². The summed E-state index contributed by atoms with van der Waals surface area (Å²) in [6.07, 6.45) is 3.52. The van der Waals surface area contributed by atoms with Crippen LogP contribution < -0.4 is 15.8 Å². The van der Waals surface area contributed by atoms with Gasteiger partial charge in [-0.2, -0.15) is 0 Å². The van der Waals surface area contributed by atoms with Crippen LogP contribution >= 0.6 is 11.6 Å². The zero-order valence-electron chi connectivity index (χ0n) is 20.0. The molecule has 36 heavy (non-hydrogen) atoms. The van der Waals surface area contributed by atoms with E-state index in [-0.39, 0.29) is 36.0 Å². The van der Waals surface area contributed by atoms with Crippen LogP contribution in [0.25, 0.3) is 0 Å². The molecule has 0 radical (unpaired) electrons. The molecule has 8 heteroatoms. The number of hydrogen-bond donors (Lipinski definition) is 2. The number of nitrogens with zero attached hydrogens (tertiary/aromatic N) is 1. The third kappa shape index (κ3) is 5.86. The van der Waals surface area contributed by atoms with Gasteiger partial charge in [-0.05, 0) is 66.9 Å². The Hall–Kier alpha value is -3.42. The zero-order valence-corrected chi connectivity index (χ0v) is 20.8. The van der Waals surface area contributed by atoms with Gasteiger partial charge in [0.1, 0.15) is 11.6 Å². The lowest BCUT2D eigenvalue weighted by Crippen LogP contribution is -2.51. The Morgan fingerprint density at radius 2 is 1.86 bits per heavy atom. The maximum Gasteiger partial charge on any atom is 0.259 e. The molecule has 188 valence electrons. The van der Waals surface area contributed by atoms with Crippen LogP contribution in [0, 0.1) is 5.82 Å². The van der Waals surface area contributed by atoms with Gasteiger partial charge in [0.15, 0.2) is 0 Å². The summed E-state index contributed by atoms with van der Waals surface area (Å²) in [5.74, 6) is -0.658. The molecule has 0 bridgehead atoms. The van der Waals surface area contributed by atoms with Gasteiger partial charge in [0.2, 0.25) is 0 Å². The lowest BCUT2D eigenvalue weighted by Gasteiger charge is -2.38. The fourth-order valence-corrected chi connectivity index (χ4v) is 4.82. The summed E-state index contributed by atoms with van der Waals surface area (Å²) in [6, 6.07) is 17.3. The predicted molar refractivity (Wildman–Crippen MR) is 139 cm³/mol. The molecule has 3 N–H and O–H groups in total. The molecule has 2 atom stereocenters. The van der Waals surface area contributed by atoms with E-state index in [2.05, 4.69) is 5.32 Å². The molecule has 6 nitrogen and oxygen atoms in total. The molecule has 4 rings (SSSR count). The van der Waals surface area contributed by atoms with Crippen LogP contribution in [0.5, 0.6) is 5.75 Å². The second kappa shape index (κ2) is 11.5. The number of nitrogens with two attached hydrogens (primary N) is 1. The number of rotatable bonds is 7. The first-order valence-corrected chi connectivity index (χ1v) is 12.3. The third-order valence-electron chi connectivity index (χ3n) is 6.51. The van der Waals surface area contributed by atoms with Crippen molar-refractivity contribution in [3.05, 3.63) is 94.3 Å². The van der Waals surface area contributed by atoms with E-state index in [0.29, 0.717) is 27.6 Å². The molecule has 1 saturated carbocycles. The van der Waals surface area contributed by atoms with Gasteiger partial charge in [-0.15, -0.1) is 0 Å². The summed E-state index contributed by atoms with van der Waals surface area (Å²) in [5.41, 5.74) is 8.26. The Morgan fingerprint density at radius 3 is 2.61 bits per heavy atom. The number of para-hydroxylation sites is 1. The molecular weight excluding hydrogens is 481 g/mol. The van der Waals surface area contributed by atoms with Crippen LogP contribution in [0.2, 0.25) is 5.02 Å². The minimum absolute atomic E-state index is 0.172. The average Bonchev–Trinajstić information content (AvgIpc) is 2.89. The van der Waals surface area contributed by atoms with Crippen LogP contribution in [0.1, 0.15) is 52.0 Å². The molecule has 0 spiro atoms. The molecule has 0 saturated heterocycles. The standard InChI is InChI=1S/C28H29ClFN3O3/c1-36-26-12-5-2-9-22(26)27(34)32-21-13-14-23(29)19(16-21)17-33(25-11-4-3-10-24(25)31)28(35)18-7-6-8-20(30)15-18/h2,5-9,12-16,24-25H,3-4,10-11,17,31H2,1H3,(H,32,34). The number of nitrogens with one attached hydrogen (secondary N) is 1. The molecular formula is C28H29ClFN3O3. The first kappa shape index (κ1) is 25.7. The van der Waals surface area contributed by atoms with Crippen LogP contribution in [0.3, 0.4) is 0 Å². The molecule has 2 amide bonds. The first-order valence-electron chi connectivity index (χ1n) is 11.9. The minimum atomic E-state index is -0.479. The molecule has 0 aliphatic heterocycles. The van der Waals surface area contributed by atoms with Crippen molar-refractivity contribution in [1.82, 2.24) is 4.90 Å². The van der Waals surface area contributed by atoms with Gasteiger partial charge in [-0.3, -0.25) is 9.59 Å². The molecule has 0 heterocycles. The van der Waals surface area contributed by atoms with Gasteiger partial charge in [0.25, 0.3) is 11.8 Å². The Kier molecular flexibility index (Phi) is 8.23. The number of carbonyl (C=O) groups excluding carboxylic acids is 2. The van der Waals surface area contributed by atoms with Gasteiger partial charge >= 0.3 is 0 Å². The van der Waals surface area contributed by atoms with E-state index in [1.165, 1.54) is 25.3 Å². The second-order valence-corrected chi connectivity index (χ2v) is 9.33. The maximum absolute atomic E-state index is 13.9. The van der Waals surface area contributed by atoms with E-state index in [0.717, 1.165) is 25.7 Å². The Bertz CT molecular complexity index is 1250. The van der Waals surface area contributed by atoms with Gasteiger partial charge in [-0.25, -0.2) is 4.39 Å². The number of ether oxygens (including phenoxy) is 1. The maximum atomic E-state index is 13.9. The van der Waals surface area contributed by atoms with Crippen LogP contribution in [-0.2, 0) is 6.54 Å². The number of hydrogen-bond acceptors (Lipinski definition) is 4. The molecule has 0 aromatic heterocycles. The van der Waals surface area contributed by atoms with Crippen molar-refractivity contribution in [2.45, 2.75) is 44.3 Å². The first-order chi connectivity index (χ1) is 17.4. The van der Waals surface area contributed by atoms with Crippen molar-refractivity contribution in [2.24, 2.45) is 5.73 Å². The smallest absolute Gasteiger partial charge is 0.259 e. The Morgan fingerprint density at radius 1 is 1.08 bits per heavy atom. The number of methoxy groups -OCH3 is 1. The summed E-state index contributed by atoms with van der Waals surface area (Å²) < 4.78 is 19.2. The second-order valence-electron chi connectivity index (χ2n) is 8.92. The highest BCUT2D eigenvalue weighted by molar-refractivity contribution is 6.31. The summed E-state index contributed by atoms with van der Waals surface area (Å²) in [7, 11) is 1.51. The average molecular weight is 510 g/mol. The highest BCUT2D eigenvalue weighted by atomic mass is 35.5. The molecule has 2 unspecified atom stereocenters. The minimum Gasteiger partial charge on any atom is -0.496 e. The fraction of sp³-hybridized carbons (Fsp3) is 0.286. The van der Waals surface area contributed by atoms with Crippen LogP contribution in [0.4, 0.5) is 10.1 Å². The van der Waals surface area contributed by atoms with E-state index in [4.69, 9.17) is 22.1 Å². The van der Waals surface area contributed by atoms with Crippen LogP contribution in [0.15, 0.2) is 66.7 Å². The quantitative estimate of drug-likeness (QED) is 0.431. The van der Waals surface area contributed by atoms with E-state index < -0.39 is 5.82 Å². The number of benzene rings is 3. The number of carbonyl (C=O) groups is 2. The normalized spacial score (nSPS) is 17.3. The fourth-order valence-electron chi connectivity index (χ4n) is 4.64. The lowest BCUT2D eigenvalue weighted by atomic mass is 9.89. The third-order valence-corrected chi connectivity index (χ3v) is 6.88. The van der Waals surface area contributed by atoms with E-state index in [1.54, 1.807) is 53.4 Å². The van der Waals surface area contributed by atoms with Crippen molar-refractivity contribution in [2.75, 3.05) is 12.4 Å². The topological polar surface area (TPSA) is 84.7 Å². The summed E-state index contributed by atoms with van der Waals surface area (Å²) in [6.45, 7) is 0.172.